The molecule has 0 spiro atoms. The lowest BCUT2D eigenvalue weighted by atomic mass is 9.89. The molecule has 1 aromatic heterocycles. The van der Waals surface area contributed by atoms with Gasteiger partial charge in [0.25, 0.3) is 0 Å². The predicted molar refractivity (Wildman–Crippen MR) is 102 cm³/mol. The van der Waals surface area contributed by atoms with Gasteiger partial charge in [-0.05, 0) is 50.2 Å². The molecule has 24 heavy (non-hydrogen) atoms. The summed E-state index contributed by atoms with van der Waals surface area (Å²) in [4.78, 5) is 16.2. The summed E-state index contributed by atoms with van der Waals surface area (Å²) in [6.07, 6.45) is 8.32. The molecule has 2 bridgehead atoms. The zero-order valence-electron chi connectivity index (χ0n) is 13.9. The van der Waals surface area contributed by atoms with Gasteiger partial charge < -0.3 is 16.0 Å². The van der Waals surface area contributed by atoms with E-state index in [1.165, 1.54) is 25.7 Å². The van der Waals surface area contributed by atoms with E-state index in [9.17, 15) is 4.79 Å². The molecule has 0 radical (unpaired) electrons. The lowest BCUT2D eigenvalue weighted by molar-refractivity contribution is -0.122. The second-order valence-electron chi connectivity index (χ2n) is 6.52. The minimum Gasteiger partial charge on any atom is -0.370 e. The summed E-state index contributed by atoms with van der Waals surface area (Å²) in [5, 5.41) is 9.92. The van der Waals surface area contributed by atoms with Crippen LogP contribution in [0.5, 0.6) is 0 Å². The molecule has 2 fully saturated rings. The van der Waals surface area contributed by atoms with E-state index < -0.39 is 0 Å². The number of amides is 1. The molecule has 7 heteroatoms. The average Bonchev–Trinajstić information content (AvgIpc) is 2.87. The zero-order valence-corrected chi connectivity index (χ0v) is 15.5. The van der Waals surface area contributed by atoms with E-state index in [1.54, 1.807) is 6.20 Å². The molecule has 1 amide bonds. The van der Waals surface area contributed by atoms with Crippen LogP contribution < -0.4 is 16.0 Å². The van der Waals surface area contributed by atoms with E-state index in [0.29, 0.717) is 24.4 Å². The van der Waals surface area contributed by atoms with Crippen molar-refractivity contribution in [2.75, 3.05) is 18.4 Å². The number of halogens is 2. The van der Waals surface area contributed by atoms with Gasteiger partial charge in [0.1, 0.15) is 5.82 Å². The highest BCUT2D eigenvalue weighted by Gasteiger charge is 2.33. The second-order valence-corrected chi connectivity index (χ2v) is 6.52. The minimum absolute atomic E-state index is 0. The number of piperidine rings is 1. The van der Waals surface area contributed by atoms with Crippen LogP contribution in [0.1, 0.15) is 38.5 Å². The first-order chi connectivity index (χ1) is 10.8. The number of hydrogen-bond acceptors (Lipinski definition) is 4. The first kappa shape index (κ1) is 21.0. The average molecular weight is 375 g/mol. The summed E-state index contributed by atoms with van der Waals surface area (Å²) in [6.45, 7) is 1.56. The normalized spacial score (nSPS) is 24.4. The Morgan fingerprint density at radius 3 is 2.58 bits per heavy atom. The molecule has 2 atom stereocenters. The van der Waals surface area contributed by atoms with Crippen LogP contribution in [0.15, 0.2) is 24.4 Å². The molecule has 0 saturated carbocycles. The van der Waals surface area contributed by atoms with Gasteiger partial charge in [-0.3, -0.25) is 4.79 Å². The van der Waals surface area contributed by atoms with Gasteiger partial charge in [0.05, 0.1) is 0 Å². The Balaban J connectivity index is 0.00000144. The van der Waals surface area contributed by atoms with Gasteiger partial charge in [0.15, 0.2) is 0 Å². The third-order valence-electron chi connectivity index (χ3n) is 4.69. The Hall–Kier alpha value is -1.04. The number of nitrogens with one attached hydrogen (secondary N) is 3. The Kier molecular flexibility index (Phi) is 9.41. The van der Waals surface area contributed by atoms with Crippen LogP contribution in [0.25, 0.3) is 0 Å². The lowest BCUT2D eigenvalue weighted by Gasteiger charge is -2.28. The van der Waals surface area contributed by atoms with E-state index in [-0.39, 0.29) is 30.7 Å². The van der Waals surface area contributed by atoms with Crippen molar-refractivity contribution < 1.29 is 4.79 Å². The predicted octanol–water partition coefficient (Wildman–Crippen LogP) is 2.76. The highest BCUT2D eigenvalue weighted by Crippen LogP contribution is 2.32. The maximum atomic E-state index is 12.0. The zero-order chi connectivity index (χ0) is 15.2. The Bertz CT molecular complexity index is 477. The minimum atomic E-state index is 0. The van der Waals surface area contributed by atoms with Gasteiger partial charge in [-0.15, -0.1) is 24.8 Å². The first-order valence-electron chi connectivity index (χ1n) is 8.47. The van der Waals surface area contributed by atoms with Crippen LogP contribution in [0.2, 0.25) is 0 Å². The van der Waals surface area contributed by atoms with Crippen molar-refractivity contribution in [1.29, 1.82) is 0 Å². The highest BCUT2D eigenvalue weighted by atomic mass is 35.5. The number of rotatable bonds is 7. The topological polar surface area (TPSA) is 66.1 Å². The van der Waals surface area contributed by atoms with Crippen molar-refractivity contribution in [3.8, 4) is 0 Å². The Morgan fingerprint density at radius 2 is 1.92 bits per heavy atom. The van der Waals surface area contributed by atoms with Crippen LogP contribution in [0.4, 0.5) is 5.82 Å². The fourth-order valence-electron chi connectivity index (χ4n) is 3.68. The molecule has 136 valence electrons. The Labute approximate surface area is 156 Å². The van der Waals surface area contributed by atoms with Crippen molar-refractivity contribution in [3.05, 3.63) is 24.4 Å². The van der Waals surface area contributed by atoms with Gasteiger partial charge in [0, 0.05) is 37.8 Å². The summed E-state index contributed by atoms with van der Waals surface area (Å²) in [7, 11) is 0. The van der Waals surface area contributed by atoms with Crippen molar-refractivity contribution in [2.24, 2.45) is 5.92 Å². The maximum Gasteiger partial charge on any atom is 0.220 e. The number of hydrogen-bond donors (Lipinski definition) is 3. The molecule has 2 aliphatic heterocycles. The van der Waals surface area contributed by atoms with Gasteiger partial charge in [-0.2, -0.15) is 0 Å². The SMILES string of the molecule is Cl.Cl.O=C(CC1CC2CCC(C1)N2)NCCCNc1ccccn1. The number of carbonyl (C=O) groups excluding carboxylic acids is 1. The van der Waals surface area contributed by atoms with Crippen molar-refractivity contribution in [2.45, 2.75) is 50.6 Å². The molecular weight excluding hydrogens is 347 g/mol. The number of fused-ring (bicyclic) bond motifs is 2. The van der Waals surface area contributed by atoms with Gasteiger partial charge in [-0.25, -0.2) is 4.98 Å². The third-order valence-corrected chi connectivity index (χ3v) is 4.69. The second kappa shape index (κ2) is 10.7. The molecule has 3 rings (SSSR count). The van der Waals surface area contributed by atoms with Gasteiger partial charge >= 0.3 is 0 Å². The third kappa shape index (κ3) is 6.46. The largest absolute Gasteiger partial charge is 0.370 e. The van der Waals surface area contributed by atoms with Crippen LogP contribution in [0, 0.1) is 5.92 Å². The molecular formula is C17H28Cl2N4O. The molecule has 2 unspecified atom stereocenters. The van der Waals surface area contributed by atoms with E-state index in [4.69, 9.17) is 0 Å². The standard InChI is InChI=1S/C17H26N4O.2ClH/c22-17(12-13-10-14-5-6-15(11-13)21-14)20-9-3-8-19-16-4-1-2-7-18-16;;/h1-2,4,7,13-15,21H,3,5-6,8-12H2,(H,18,19)(H,20,22);2*1H. The van der Waals surface area contributed by atoms with Crippen molar-refractivity contribution >= 4 is 36.5 Å². The monoisotopic (exact) mass is 374 g/mol. The number of aromatic nitrogens is 1. The van der Waals surface area contributed by atoms with Gasteiger partial charge in [-0.1, -0.05) is 6.07 Å². The number of nitrogens with zero attached hydrogens (tertiary/aromatic N) is 1. The van der Waals surface area contributed by atoms with Crippen LogP contribution in [-0.4, -0.2) is 36.1 Å². The smallest absolute Gasteiger partial charge is 0.220 e. The quantitative estimate of drug-likeness (QED) is 0.642. The maximum absolute atomic E-state index is 12.0. The molecule has 2 aliphatic rings. The fraction of sp³-hybridized carbons (Fsp3) is 0.647. The molecule has 3 N–H and O–H groups in total. The molecule has 2 saturated heterocycles. The van der Waals surface area contributed by atoms with Crippen LogP contribution in [-0.2, 0) is 4.79 Å². The molecule has 0 aromatic carbocycles. The van der Waals surface area contributed by atoms with Crippen LogP contribution >= 0.6 is 24.8 Å². The first-order valence-corrected chi connectivity index (χ1v) is 8.47. The summed E-state index contributed by atoms with van der Waals surface area (Å²) in [6, 6.07) is 7.14. The molecule has 5 nitrogen and oxygen atoms in total. The van der Waals surface area contributed by atoms with Crippen molar-refractivity contribution in [1.82, 2.24) is 15.6 Å². The van der Waals surface area contributed by atoms with E-state index in [2.05, 4.69) is 20.9 Å². The summed E-state index contributed by atoms with van der Waals surface area (Å²) >= 11 is 0. The highest BCUT2D eigenvalue weighted by molar-refractivity contribution is 5.85. The van der Waals surface area contributed by atoms with E-state index in [1.807, 2.05) is 18.2 Å². The molecule has 0 aliphatic carbocycles. The fourth-order valence-corrected chi connectivity index (χ4v) is 3.68. The Morgan fingerprint density at radius 1 is 1.17 bits per heavy atom. The number of pyridine rings is 1. The van der Waals surface area contributed by atoms with Gasteiger partial charge in [0.2, 0.25) is 5.91 Å². The number of carbonyl (C=O) groups is 1. The van der Waals surface area contributed by atoms with E-state index in [0.717, 1.165) is 25.3 Å². The van der Waals surface area contributed by atoms with Crippen molar-refractivity contribution in [3.63, 3.8) is 0 Å². The summed E-state index contributed by atoms with van der Waals surface area (Å²) < 4.78 is 0. The number of anilines is 1. The molecule has 1 aromatic rings. The van der Waals surface area contributed by atoms with Crippen LogP contribution in [0.3, 0.4) is 0 Å². The van der Waals surface area contributed by atoms with E-state index >= 15 is 0 Å². The summed E-state index contributed by atoms with van der Waals surface area (Å²) in [5.74, 6) is 1.67. The lowest BCUT2D eigenvalue weighted by Crippen LogP contribution is -2.39. The molecule has 3 heterocycles. The summed E-state index contributed by atoms with van der Waals surface area (Å²) in [5.41, 5.74) is 0.